The molecule has 0 amide bonds. The fraction of sp³-hybridized carbons (Fsp3) is 0.150. The highest BCUT2D eigenvalue weighted by Gasteiger charge is 2.08. The molecular weight excluding hydrogens is 362 g/mol. The minimum atomic E-state index is -0.717. The first-order chi connectivity index (χ1) is 13.2. The summed E-state index contributed by atoms with van der Waals surface area (Å²) in [4.78, 5) is 20.4. The average Bonchev–Trinajstić information content (AvgIpc) is 2.70. The number of anilines is 2. The minimum absolute atomic E-state index is 0.272. The minimum Gasteiger partial charge on any atom is -0.434 e. The lowest BCUT2D eigenvalue weighted by molar-refractivity contribution is 0.104. The summed E-state index contributed by atoms with van der Waals surface area (Å²) in [7, 11) is 0. The van der Waals surface area contributed by atoms with Gasteiger partial charge < -0.3 is 14.8 Å². The van der Waals surface area contributed by atoms with Gasteiger partial charge in [-0.05, 0) is 37.4 Å². The predicted molar refractivity (Wildman–Crippen MR) is 107 cm³/mol. The van der Waals surface area contributed by atoms with Crippen LogP contribution in [0, 0.1) is 0 Å². The Morgan fingerprint density at radius 3 is 2.48 bits per heavy atom. The van der Waals surface area contributed by atoms with Gasteiger partial charge in [0.05, 0.1) is 12.3 Å². The normalized spacial score (nSPS) is 10.3. The molecule has 1 N–H and O–H groups in total. The first-order valence-electron chi connectivity index (χ1n) is 8.38. The van der Waals surface area contributed by atoms with Crippen LogP contribution in [-0.2, 0) is 4.74 Å². The molecule has 0 aliphatic heterocycles. The molecule has 0 unspecified atom stereocenters. The molecule has 0 aliphatic carbocycles. The molecule has 7 heteroatoms. The van der Waals surface area contributed by atoms with E-state index in [0.29, 0.717) is 16.7 Å². The number of hydrogen-bond acceptors (Lipinski definition) is 7. The molecule has 3 rings (SSSR count). The maximum Gasteiger partial charge on any atom is 0.513 e. The molecule has 27 heavy (non-hydrogen) atoms. The van der Waals surface area contributed by atoms with Gasteiger partial charge in [0.15, 0.2) is 5.16 Å². The van der Waals surface area contributed by atoms with Crippen LogP contribution >= 0.6 is 11.8 Å². The molecule has 0 atom stereocenters. The zero-order valence-corrected chi connectivity index (χ0v) is 15.8. The van der Waals surface area contributed by atoms with Gasteiger partial charge in [0, 0.05) is 17.3 Å². The topological polar surface area (TPSA) is 73.3 Å². The lowest BCUT2D eigenvalue weighted by atomic mass is 10.1. The third kappa shape index (κ3) is 5.21. The SMILES string of the molecule is CCOC(=O)Oc1ccc(Nc2cc(-c3ccccc3)nc(SC)n2)cc1. The van der Waals surface area contributed by atoms with E-state index in [1.54, 1.807) is 31.2 Å². The standard InChI is InChI=1S/C20H19N3O3S/c1-3-25-20(24)26-16-11-9-15(10-12-16)21-18-13-17(22-19(23-18)27-2)14-7-5-4-6-8-14/h4-13H,3H2,1-2H3,(H,21,22,23). The lowest BCUT2D eigenvalue weighted by Crippen LogP contribution is -2.09. The van der Waals surface area contributed by atoms with Gasteiger partial charge in [-0.3, -0.25) is 0 Å². The zero-order valence-electron chi connectivity index (χ0n) is 15.0. The number of nitrogens with zero attached hydrogens (tertiary/aromatic N) is 2. The van der Waals surface area contributed by atoms with Crippen LogP contribution in [0.2, 0.25) is 0 Å². The molecule has 0 bridgehead atoms. The Kier molecular flexibility index (Phi) is 6.27. The molecule has 6 nitrogen and oxygen atoms in total. The number of rotatable bonds is 6. The summed E-state index contributed by atoms with van der Waals surface area (Å²) in [5, 5.41) is 3.94. The fourth-order valence-corrected chi connectivity index (χ4v) is 2.71. The number of aromatic nitrogens is 2. The van der Waals surface area contributed by atoms with Gasteiger partial charge in [-0.2, -0.15) is 0 Å². The Hall–Kier alpha value is -3.06. The summed E-state index contributed by atoms with van der Waals surface area (Å²) >= 11 is 1.48. The van der Waals surface area contributed by atoms with E-state index >= 15 is 0 Å². The van der Waals surface area contributed by atoms with Crippen LogP contribution < -0.4 is 10.1 Å². The Morgan fingerprint density at radius 2 is 1.81 bits per heavy atom. The molecule has 138 valence electrons. The molecule has 3 aromatic rings. The Morgan fingerprint density at radius 1 is 1.07 bits per heavy atom. The summed E-state index contributed by atoms with van der Waals surface area (Å²) in [6.07, 6.45) is 1.22. The molecule has 0 fully saturated rings. The summed E-state index contributed by atoms with van der Waals surface area (Å²) in [6, 6.07) is 18.8. The van der Waals surface area contributed by atoms with Gasteiger partial charge in [0.25, 0.3) is 0 Å². The summed E-state index contributed by atoms with van der Waals surface area (Å²) in [5.41, 5.74) is 2.69. The molecule has 1 heterocycles. The Balaban J connectivity index is 1.78. The molecule has 0 saturated heterocycles. The number of ether oxygens (including phenoxy) is 2. The van der Waals surface area contributed by atoms with E-state index in [4.69, 9.17) is 9.47 Å². The van der Waals surface area contributed by atoms with E-state index in [1.807, 2.05) is 42.7 Å². The zero-order chi connectivity index (χ0) is 19.1. The highest BCUT2D eigenvalue weighted by atomic mass is 32.2. The highest BCUT2D eigenvalue weighted by molar-refractivity contribution is 7.98. The number of carbonyl (C=O) groups excluding carboxylic acids is 1. The van der Waals surface area contributed by atoms with Crippen LogP contribution in [0.3, 0.4) is 0 Å². The van der Waals surface area contributed by atoms with Crippen molar-refractivity contribution < 1.29 is 14.3 Å². The van der Waals surface area contributed by atoms with E-state index in [0.717, 1.165) is 16.9 Å². The predicted octanol–water partition coefficient (Wildman–Crippen LogP) is 5.14. The third-order valence-electron chi connectivity index (χ3n) is 3.55. The average molecular weight is 381 g/mol. The van der Waals surface area contributed by atoms with Crippen molar-refractivity contribution in [2.45, 2.75) is 12.1 Å². The molecule has 2 aromatic carbocycles. The van der Waals surface area contributed by atoms with Gasteiger partial charge >= 0.3 is 6.16 Å². The second kappa shape index (κ2) is 9.05. The molecule has 0 spiro atoms. The molecular formula is C20H19N3O3S. The van der Waals surface area contributed by atoms with Crippen molar-refractivity contribution in [3.63, 3.8) is 0 Å². The highest BCUT2D eigenvalue weighted by Crippen LogP contribution is 2.25. The molecule has 0 radical (unpaired) electrons. The monoisotopic (exact) mass is 381 g/mol. The number of hydrogen-bond donors (Lipinski definition) is 1. The van der Waals surface area contributed by atoms with Crippen molar-refractivity contribution in [3.8, 4) is 17.0 Å². The molecule has 1 aromatic heterocycles. The van der Waals surface area contributed by atoms with Crippen LogP contribution in [-0.4, -0.2) is 29.0 Å². The summed E-state index contributed by atoms with van der Waals surface area (Å²) in [6.45, 7) is 2.00. The number of nitrogens with one attached hydrogen (secondary N) is 1. The van der Waals surface area contributed by atoms with Crippen LogP contribution in [0.4, 0.5) is 16.3 Å². The van der Waals surface area contributed by atoms with Crippen LogP contribution in [0.25, 0.3) is 11.3 Å². The summed E-state index contributed by atoms with van der Waals surface area (Å²) < 4.78 is 9.81. The second-order valence-corrected chi connectivity index (χ2v) is 6.20. The Bertz CT molecular complexity index is 902. The van der Waals surface area contributed by atoms with Gasteiger partial charge in [0.1, 0.15) is 11.6 Å². The largest absolute Gasteiger partial charge is 0.513 e. The third-order valence-corrected chi connectivity index (χ3v) is 4.10. The first kappa shape index (κ1) is 18.7. The lowest BCUT2D eigenvalue weighted by Gasteiger charge is -2.10. The molecule has 0 saturated carbocycles. The maximum atomic E-state index is 11.4. The Labute approximate surface area is 162 Å². The van der Waals surface area contributed by atoms with E-state index in [2.05, 4.69) is 15.3 Å². The van der Waals surface area contributed by atoms with Gasteiger partial charge in [-0.25, -0.2) is 14.8 Å². The molecule has 0 aliphatic rings. The van der Waals surface area contributed by atoms with Gasteiger partial charge in [0.2, 0.25) is 0 Å². The van der Waals surface area contributed by atoms with Crippen LogP contribution in [0.15, 0.2) is 65.8 Å². The second-order valence-electron chi connectivity index (χ2n) is 5.43. The summed E-state index contributed by atoms with van der Waals surface area (Å²) in [5.74, 6) is 1.10. The maximum absolute atomic E-state index is 11.4. The fourth-order valence-electron chi connectivity index (χ4n) is 2.33. The van der Waals surface area contributed by atoms with Crippen molar-refractivity contribution in [3.05, 3.63) is 60.7 Å². The van der Waals surface area contributed by atoms with Crippen LogP contribution in [0.1, 0.15) is 6.92 Å². The first-order valence-corrected chi connectivity index (χ1v) is 9.60. The van der Waals surface area contributed by atoms with E-state index in [9.17, 15) is 4.79 Å². The number of carbonyl (C=O) groups is 1. The van der Waals surface area contributed by atoms with E-state index < -0.39 is 6.16 Å². The van der Waals surface area contributed by atoms with E-state index in [-0.39, 0.29) is 6.61 Å². The quantitative estimate of drug-likeness (QED) is 0.274. The van der Waals surface area contributed by atoms with Crippen molar-refractivity contribution in [1.29, 1.82) is 0 Å². The number of thioether (sulfide) groups is 1. The van der Waals surface area contributed by atoms with Gasteiger partial charge in [-0.1, -0.05) is 42.1 Å². The van der Waals surface area contributed by atoms with Crippen LogP contribution in [0.5, 0.6) is 5.75 Å². The van der Waals surface area contributed by atoms with Crippen molar-refractivity contribution >= 4 is 29.4 Å². The number of benzene rings is 2. The van der Waals surface area contributed by atoms with Gasteiger partial charge in [-0.15, -0.1) is 0 Å². The van der Waals surface area contributed by atoms with Crippen molar-refractivity contribution in [2.24, 2.45) is 0 Å². The van der Waals surface area contributed by atoms with E-state index in [1.165, 1.54) is 11.8 Å². The smallest absolute Gasteiger partial charge is 0.434 e. The van der Waals surface area contributed by atoms with Crippen molar-refractivity contribution in [1.82, 2.24) is 9.97 Å². The van der Waals surface area contributed by atoms with Crippen molar-refractivity contribution in [2.75, 3.05) is 18.2 Å².